The molecule has 0 aliphatic heterocycles. The maximum atomic E-state index is 11.6. The summed E-state index contributed by atoms with van der Waals surface area (Å²) in [7, 11) is 1.59. The first-order chi connectivity index (χ1) is 9.64. The predicted octanol–water partition coefficient (Wildman–Crippen LogP) is 3.14. The van der Waals surface area contributed by atoms with Gasteiger partial charge in [-0.15, -0.1) is 0 Å². The molecule has 0 aliphatic carbocycles. The molecule has 0 aromatic heterocycles. The maximum absolute atomic E-state index is 11.6. The molecule has 110 valence electrons. The number of ether oxygens (including phenoxy) is 3. The standard InChI is InChI=1S/C16H22O4/c1-5-13(6-2)20-15-11-14(18-4)9-8-12(15)10-16(17)19-7-3/h5,8-9,11,13H,1,6-7,10H2,2-4H3. The van der Waals surface area contributed by atoms with Gasteiger partial charge in [0.25, 0.3) is 0 Å². The molecule has 0 aliphatic rings. The molecule has 1 atom stereocenters. The molecule has 0 N–H and O–H groups in total. The summed E-state index contributed by atoms with van der Waals surface area (Å²) < 4.78 is 16.0. The molecule has 0 saturated carbocycles. The fourth-order valence-corrected chi connectivity index (χ4v) is 1.75. The lowest BCUT2D eigenvalue weighted by Crippen LogP contribution is -2.14. The molecule has 0 spiro atoms. The fourth-order valence-electron chi connectivity index (χ4n) is 1.75. The Balaban J connectivity index is 2.96. The molecular weight excluding hydrogens is 256 g/mol. The molecule has 4 nitrogen and oxygen atoms in total. The molecule has 20 heavy (non-hydrogen) atoms. The Morgan fingerprint density at radius 3 is 2.70 bits per heavy atom. The van der Waals surface area contributed by atoms with Crippen molar-refractivity contribution in [3.8, 4) is 11.5 Å². The van der Waals surface area contributed by atoms with E-state index < -0.39 is 0 Å². The number of esters is 1. The van der Waals surface area contributed by atoms with Crippen LogP contribution in [0.4, 0.5) is 0 Å². The van der Waals surface area contributed by atoms with E-state index in [1.54, 1.807) is 32.2 Å². The highest BCUT2D eigenvalue weighted by Crippen LogP contribution is 2.27. The van der Waals surface area contributed by atoms with Gasteiger partial charge < -0.3 is 14.2 Å². The molecular formula is C16H22O4. The van der Waals surface area contributed by atoms with E-state index in [9.17, 15) is 4.79 Å². The monoisotopic (exact) mass is 278 g/mol. The predicted molar refractivity (Wildman–Crippen MR) is 78.2 cm³/mol. The van der Waals surface area contributed by atoms with Gasteiger partial charge in [-0.3, -0.25) is 4.79 Å². The highest BCUT2D eigenvalue weighted by molar-refractivity contribution is 5.73. The van der Waals surface area contributed by atoms with E-state index in [0.717, 1.165) is 12.0 Å². The minimum Gasteiger partial charge on any atom is -0.497 e. The maximum Gasteiger partial charge on any atom is 0.310 e. The van der Waals surface area contributed by atoms with Crippen LogP contribution in [0.5, 0.6) is 11.5 Å². The molecule has 0 saturated heterocycles. The van der Waals surface area contributed by atoms with E-state index in [1.165, 1.54) is 0 Å². The van der Waals surface area contributed by atoms with Gasteiger partial charge in [-0.05, 0) is 19.4 Å². The number of benzene rings is 1. The van der Waals surface area contributed by atoms with E-state index in [-0.39, 0.29) is 18.5 Å². The number of carbonyl (C=O) groups is 1. The summed E-state index contributed by atoms with van der Waals surface area (Å²) in [6.07, 6.45) is 2.64. The highest BCUT2D eigenvalue weighted by atomic mass is 16.5. The van der Waals surface area contributed by atoms with Gasteiger partial charge in [-0.25, -0.2) is 0 Å². The van der Waals surface area contributed by atoms with Crippen molar-refractivity contribution in [3.63, 3.8) is 0 Å². The SMILES string of the molecule is C=CC(CC)Oc1cc(OC)ccc1CC(=O)OCC. The minimum absolute atomic E-state index is 0.0944. The number of hydrogen-bond donors (Lipinski definition) is 0. The van der Waals surface area contributed by atoms with Crippen molar-refractivity contribution in [1.29, 1.82) is 0 Å². The zero-order valence-corrected chi connectivity index (χ0v) is 12.3. The van der Waals surface area contributed by atoms with Crippen LogP contribution in [0.3, 0.4) is 0 Å². The van der Waals surface area contributed by atoms with Gasteiger partial charge in [-0.2, -0.15) is 0 Å². The van der Waals surface area contributed by atoms with Gasteiger partial charge in [0.1, 0.15) is 17.6 Å². The second kappa shape index (κ2) is 8.25. The van der Waals surface area contributed by atoms with Gasteiger partial charge in [0.15, 0.2) is 0 Å². The third-order valence-corrected chi connectivity index (χ3v) is 2.86. The summed E-state index contributed by atoms with van der Waals surface area (Å²) in [5, 5.41) is 0. The second-order valence-electron chi connectivity index (χ2n) is 4.26. The van der Waals surface area contributed by atoms with Crippen molar-refractivity contribution in [2.24, 2.45) is 0 Å². The van der Waals surface area contributed by atoms with E-state index in [1.807, 2.05) is 13.0 Å². The molecule has 0 amide bonds. The molecule has 1 unspecified atom stereocenters. The van der Waals surface area contributed by atoms with Crippen LogP contribution in [-0.4, -0.2) is 25.8 Å². The van der Waals surface area contributed by atoms with Crippen LogP contribution in [0.1, 0.15) is 25.8 Å². The highest BCUT2D eigenvalue weighted by Gasteiger charge is 2.13. The number of rotatable bonds is 8. The smallest absolute Gasteiger partial charge is 0.310 e. The second-order valence-corrected chi connectivity index (χ2v) is 4.26. The Morgan fingerprint density at radius 2 is 2.15 bits per heavy atom. The first-order valence-electron chi connectivity index (χ1n) is 6.76. The minimum atomic E-state index is -0.269. The summed E-state index contributed by atoms with van der Waals surface area (Å²) in [6, 6.07) is 5.40. The van der Waals surface area contributed by atoms with Crippen molar-refractivity contribution in [3.05, 3.63) is 36.4 Å². The molecule has 4 heteroatoms. The van der Waals surface area contributed by atoms with Crippen LogP contribution < -0.4 is 9.47 Å². The summed E-state index contributed by atoms with van der Waals surface area (Å²) in [4.78, 5) is 11.6. The summed E-state index contributed by atoms with van der Waals surface area (Å²) in [5.74, 6) is 1.05. The van der Waals surface area contributed by atoms with Crippen molar-refractivity contribution >= 4 is 5.97 Å². The van der Waals surface area contributed by atoms with Gasteiger partial charge in [0.2, 0.25) is 0 Å². The number of carbonyl (C=O) groups excluding carboxylic acids is 1. The van der Waals surface area contributed by atoms with Crippen molar-refractivity contribution in [1.82, 2.24) is 0 Å². The first-order valence-corrected chi connectivity index (χ1v) is 6.76. The Kier molecular flexibility index (Phi) is 6.64. The Bertz CT molecular complexity index is 454. The van der Waals surface area contributed by atoms with Crippen molar-refractivity contribution in [2.75, 3.05) is 13.7 Å². The van der Waals surface area contributed by atoms with E-state index >= 15 is 0 Å². The van der Waals surface area contributed by atoms with Gasteiger partial charge >= 0.3 is 5.97 Å². The lowest BCUT2D eigenvalue weighted by Gasteiger charge is -2.17. The average molecular weight is 278 g/mol. The molecule has 1 rings (SSSR count). The van der Waals surface area contributed by atoms with Crippen molar-refractivity contribution < 1.29 is 19.0 Å². The molecule has 0 radical (unpaired) electrons. The van der Waals surface area contributed by atoms with Crippen LogP contribution >= 0.6 is 0 Å². The van der Waals surface area contributed by atoms with Gasteiger partial charge in [0, 0.05) is 11.6 Å². The average Bonchev–Trinajstić information content (AvgIpc) is 2.46. The molecule has 1 aromatic rings. The quantitative estimate of drug-likeness (QED) is 0.541. The van der Waals surface area contributed by atoms with Gasteiger partial charge in [0.05, 0.1) is 20.1 Å². The summed E-state index contributed by atoms with van der Waals surface area (Å²) in [5.41, 5.74) is 0.782. The zero-order chi connectivity index (χ0) is 15.0. The topological polar surface area (TPSA) is 44.8 Å². The van der Waals surface area contributed by atoms with Crippen LogP contribution in [0.2, 0.25) is 0 Å². The van der Waals surface area contributed by atoms with Gasteiger partial charge in [-0.1, -0.05) is 25.6 Å². The van der Waals surface area contributed by atoms with Crippen LogP contribution in [0, 0.1) is 0 Å². The lowest BCUT2D eigenvalue weighted by molar-refractivity contribution is -0.142. The zero-order valence-electron chi connectivity index (χ0n) is 12.3. The normalized spacial score (nSPS) is 11.6. The van der Waals surface area contributed by atoms with E-state index in [2.05, 4.69) is 6.58 Å². The fraction of sp³-hybridized carbons (Fsp3) is 0.438. The molecule has 0 heterocycles. The Hall–Kier alpha value is -1.97. The summed E-state index contributed by atoms with van der Waals surface area (Å²) in [6.45, 7) is 7.91. The van der Waals surface area contributed by atoms with E-state index in [0.29, 0.717) is 18.1 Å². The molecule has 0 fully saturated rings. The lowest BCUT2D eigenvalue weighted by atomic mass is 10.1. The Labute approximate surface area is 120 Å². The summed E-state index contributed by atoms with van der Waals surface area (Å²) >= 11 is 0. The number of methoxy groups -OCH3 is 1. The molecule has 1 aromatic carbocycles. The Morgan fingerprint density at radius 1 is 1.40 bits per heavy atom. The number of hydrogen-bond acceptors (Lipinski definition) is 4. The van der Waals surface area contributed by atoms with Crippen molar-refractivity contribution in [2.45, 2.75) is 32.8 Å². The van der Waals surface area contributed by atoms with Crippen LogP contribution in [0.25, 0.3) is 0 Å². The third-order valence-electron chi connectivity index (χ3n) is 2.86. The van der Waals surface area contributed by atoms with E-state index in [4.69, 9.17) is 14.2 Å². The largest absolute Gasteiger partial charge is 0.497 e. The molecule has 0 bridgehead atoms. The first kappa shape index (κ1) is 16.1. The van der Waals surface area contributed by atoms with Crippen LogP contribution in [-0.2, 0) is 16.0 Å². The van der Waals surface area contributed by atoms with Crippen LogP contribution in [0.15, 0.2) is 30.9 Å². The third kappa shape index (κ3) is 4.61.